The highest BCUT2D eigenvalue weighted by Crippen LogP contribution is 2.16. The summed E-state index contributed by atoms with van der Waals surface area (Å²) < 4.78 is 15.1. The van der Waals surface area contributed by atoms with Gasteiger partial charge in [-0.1, -0.05) is 23.7 Å². The molecule has 1 heterocycles. The van der Waals surface area contributed by atoms with Gasteiger partial charge in [0.1, 0.15) is 5.82 Å². The molecule has 0 saturated heterocycles. The van der Waals surface area contributed by atoms with Crippen LogP contribution >= 0.6 is 11.6 Å². The van der Waals surface area contributed by atoms with Crippen molar-refractivity contribution >= 4 is 23.2 Å². The third kappa shape index (κ3) is 2.99. The standard InChI is InChI=1S/C16H11ClFN3O/c17-12-5-7-13(8-6-12)21-10-11(9-19-21)16(22)20-15-4-2-1-3-14(15)18/h1-10H,(H,20,22). The van der Waals surface area contributed by atoms with E-state index >= 15 is 0 Å². The molecule has 0 spiro atoms. The molecule has 0 aliphatic heterocycles. The smallest absolute Gasteiger partial charge is 0.258 e. The van der Waals surface area contributed by atoms with Crippen molar-refractivity contribution < 1.29 is 9.18 Å². The maximum Gasteiger partial charge on any atom is 0.258 e. The van der Waals surface area contributed by atoms with E-state index in [4.69, 9.17) is 11.6 Å². The second kappa shape index (κ2) is 5.99. The number of para-hydroxylation sites is 1. The van der Waals surface area contributed by atoms with Crippen molar-refractivity contribution in [3.05, 3.63) is 77.3 Å². The Balaban J connectivity index is 1.80. The molecular weight excluding hydrogens is 305 g/mol. The summed E-state index contributed by atoms with van der Waals surface area (Å²) in [6, 6.07) is 13.0. The average Bonchev–Trinajstić information content (AvgIpc) is 3.00. The number of rotatable bonds is 3. The lowest BCUT2D eigenvalue weighted by Crippen LogP contribution is -2.12. The molecule has 1 amide bonds. The Morgan fingerprint density at radius 2 is 1.86 bits per heavy atom. The minimum Gasteiger partial charge on any atom is -0.319 e. The van der Waals surface area contributed by atoms with Crippen LogP contribution in [0.4, 0.5) is 10.1 Å². The van der Waals surface area contributed by atoms with Gasteiger partial charge in [-0.15, -0.1) is 0 Å². The highest BCUT2D eigenvalue weighted by molar-refractivity contribution is 6.30. The van der Waals surface area contributed by atoms with Crippen LogP contribution in [0.2, 0.25) is 5.02 Å². The molecule has 110 valence electrons. The number of halogens is 2. The van der Waals surface area contributed by atoms with Crippen molar-refractivity contribution in [2.45, 2.75) is 0 Å². The summed E-state index contributed by atoms with van der Waals surface area (Å²) in [6.07, 6.45) is 2.99. The first-order valence-corrected chi connectivity index (χ1v) is 6.88. The lowest BCUT2D eigenvalue weighted by molar-refractivity contribution is 0.102. The van der Waals surface area contributed by atoms with Crippen molar-refractivity contribution in [2.75, 3.05) is 5.32 Å². The van der Waals surface area contributed by atoms with Crippen molar-refractivity contribution in [3.8, 4) is 5.69 Å². The maximum atomic E-state index is 13.5. The van der Waals surface area contributed by atoms with Gasteiger partial charge in [0.05, 0.1) is 23.1 Å². The van der Waals surface area contributed by atoms with Crippen molar-refractivity contribution in [3.63, 3.8) is 0 Å². The number of nitrogens with one attached hydrogen (secondary N) is 1. The molecule has 22 heavy (non-hydrogen) atoms. The van der Waals surface area contributed by atoms with Crippen LogP contribution in [0.3, 0.4) is 0 Å². The fourth-order valence-electron chi connectivity index (χ4n) is 1.93. The third-order valence-corrected chi connectivity index (χ3v) is 3.31. The van der Waals surface area contributed by atoms with Gasteiger partial charge in [-0.25, -0.2) is 9.07 Å². The van der Waals surface area contributed by atoms with Crippen LogP contribution < -0.4 is 5.32 Å². The SMILES string of the molecule is O=C(Nc1ccccc1F)c1cnn(-c2ccc(Cl)cc2)c1. The zero-order chi connectivity index (χ0) is 15.5. The molecule has 0 saturated carbocycles. The minimum atomic E-state index is -0.485. The summed E-state index contributed by atoms with van der Waals surface area (Å²) in [5.41, 5.74) is 1.24. The highest BCUT2D eigenvalue weighted by Gasteiger charge is 2.11. The van der Waals surface area contributed by atoms with E-state index in [9.17, 15) is 9.18 Å². The van der Waals surface area contributed by atoms with Crippen LogP contribution in [-0.4, -0.2) is 15.7 Å². The Morgan fingerprint density at radius 3 is 2.59 bits per heavy atom. The Kier molecular flexibility index (Phi) is 3.89. The van der Waals surface area contributed by atoms with E-state index in [-0.39, 0.29) is 5.69 Å². The van der Waals surface area contributed by atoms with Gasteiger partial charge in [0, 0.05) is 11.2 Å². The Morgan fingerprint density at radius 1 is 1.14 bits per heavy atom. The first-order valence-electron chi connectivity index (χ1n) is 6.50. The molecule has 0 aliphatic carbocycles. The van der Waals surface area contributed by atoms with E-state index in [0.29, 0.717) is 10.6 Å². The third-order valence-electron chi connectivity index (χ3n) is 3.06. The van der Waals surface area contributed by atoms with Crippen LogP contribution in [-0.2, 0) is 0 Å². The summed E-state index contributed by atoms with van der Waals surface area (Å²) in [4.78, 5) is 12.1. The molecule has 3 aromatic rings. The summed E-state index contributed by atoms with van der Waals surface area (Å²) in [7, 11) is 0. The molecule has 0 radical (unpaired) electrons. The van der Waals surface area contributed by atoms with Gasteiger partial charge in [-0.3, -0.25) is 4.79 Å². The lowest BCUT2D eigenvalue weighted by atomic mass is 10.2. The zero-order valence-corrected chi connectivity index (χ0v) is 12.1. The number of amides is 1. The van der Waals surface area contributed by atoms with Crippen molar-refractivity contribution in [1.29, 1.82) is 0 Å². The molecule has 1 aromatic heterocycles. The van der Waals surface area contributed by atoms with Crippen LogP contribution in [0.5, 0.6) is 0 Å². The van der Waals surface area contributed by atoms with E-state index in [2.05, 4.69) is 10.4 Å². The first kappa shape index (κ1) is 14.3. The number of carbonyl (C=O) groups excluding carboxylic acids is 1. The summed E-state index contributed by atoms with van der Waals surface area (Å²) >= 11 is 5.83. The average molecular weight is 316 g/mol. The topological polar surface area (TPSA) is 46.9 Å². The van der Waals surface area contributed by atoms with Crippen molar-refractivity contribution in [2.24, 2.45) is 0 Å². The number of nitrogens with zero attached hydrogens (tertiary/aromatic N) is 2. The monoisotopic (exact) mass is 315 g/mol. The minimum absolute atomic E-state index is 0.131. The normalized spacial score (nSPS) is 10.5. The number of carbonyl (C=O) groups is 1. The zero-order valence-electron chi connectivity index (χ0n) is 11.3. The van der Waals surface area contributed by atoms with Gasteiger partial charge in [-0.2, -0.15) is 5.10 Å². The second-order valence-corrected chi connectivity index (χ2v) is 5.02. The Labute approximate surface area is 131 Å². The second-order valence-electron chi connectivity index (χ2n) is 4.58. The number of hydrogen-bond acceptors (Lipinski definition) is 2. The van der Waals surface area contributed by atoms with E-state index in [1.54, 1.807) is 47.3 Å². The summed E-state index contributed by atoms with van der Waals surface area (Å²) in [6.45, 7) is 0. The van der Waals surface area contributed by atoms with Crippen LogP contribution in [0.25, 0.3) is 5.69 Å². The van der Waals surface area contributed by atoms with Crippen LogP contribution in [0.1, 0.15) is 10.4 Å². The molecule has 4 nitrogen and oxygen atoms in total. The van der Waals surface area contributed by atoms with Gasteiger partial charge in [0.15, 0.2) is 0 Å². The summed E-state index contributed by atoms with van der Waals surface area (Å²) in [5.74, 6) is -0.911. The molecule has 0 bridgehead atoms. The molecule has 0 fully saturated rings. The molecule has 0 aliphatic rings. The predicted molar refractivity (Wildman–Crippen MR) is 82.9 cm³/mol. The van der Waals surface area contributed by atoms with Gasteiger partial charge >= 0.3 is 0 Å². The van der Waals surface area contributed by atoms with Crippen LogP contribution in [0.15, 0.2) is 60.9 Å². The fourth-order valence-corrected chi connectivity index (χ4v) is 2.06. The van der Waals surface area contributed by atoms with Crippen LogP contribution in [0, 0.1) is 5.82 Å². The summed E-state index contributed by atoms with van der Waals surface area (Å²) in [5, 5.41) is 7.25. The van der Waals surface area contributed by atoms with Gasteiger partial charge < -0.3 is 5.32 Å². The highest BCUT2D eigenvalue weighted by atomic mass is 35.5. The van der Waals surface area contributed by atoms with E-state index in [0.717, 1.165) is 5.69 Å². The van der Waals surface area contributed by atoms with Gasteiger partial charge in [-0.05, 0) is 36.4 Å². The predicted octanol–water partition coefficient (Wildman–Crippen LogP) is 3.92. The van der Waals surface area contributed by atoms with E-state index < -0.39 is 11.7 Å². The first-order chi connectivity index (χ1) is 10.6. The molecule has 3 rings (SSSR count). The Bertz CT molecular complexity index is 814. The number of aromatic nitrogens is 2. The van der Waals surface area contributed by atoms with Crippen molar-refractivity contribution in [1.82, 2.24) is 9.78 Å². The molecule has 1 N–H and O–H groups in total. The molecular formula is C16H11ClFN3O. The maximum absolute atomic E-state index is 13.5. The number of anilines is 1. The van der Waals surface area contributed by atoms with E-state index in [1.165, 1.54) is 18.3 Å². The number of benzene rings is 2. The molecule has 0 unspecified atom stereocenters. The van der Waals surface area contributed by atoms with Gasteiger partial charge in [0.2, 0.25) is 0 Å². The number of hydrogen-bond donors (Lipinski definition) is 1. The fraction of sp³-hybridized carbons (Fsp3) is 0. The largest absolute Gasteiger partial charge is 0.319 e. The quantitative estimate of drug-likeness (QED) is 0.796. The lowest BCUT2D eigenvalue weighted by Gasteiger charge is -2.04. The Hall–Kier alpha value is -2.66. The van der Waals surface area contributed by atoms with Gasteiger partial charge in [0.25, 0.3) is 5.91 Å². The van der Waals surface area contributed by atoms with E-state index in [1.807, 2.05) is 0 Å². The molecule has 6 heteroatoms. The molecule has 0 atom stereocenters. The molecule has 2 aromatic carbocycles.